The Morgan fingerprint density at radius 1 is 0.625 bits per heavy atom. The fourth-order valence-corrected chi connectivity index (χ4v) is 1.20. The van der Waals surface area contributed by atoms with Gasteiger partial charge in [-0.1, -0.05) is 34.9 Å². The molecule has 0 aromatic heterocycles. The smallest absolute Gasteiger partial charge is 0 e. The minimum Gasteiger partial charge on any atom is 0 e. The SMILES string of the molecule is Cc1cc(C)cc(C)c1.[C-]#[O+].[C-]#[O+].[C-]#[O+].[Mn]. The Balaban J connectivity index is -0.0000000900. The van der Waals surface area contributed by atoms with Gasteiger partial charge in [0.15, 0.2) is 0 Å². The van der Waals surface area contributed by atoms with Crippen molar-refractivity contribution in [1.29, 1.82) is 0 Å². The van der Waals surface area contributed by atoms with Crippen molar-refractivity contribution in [2.24, 2.45) is 0 Å². The van der Waals surface area contributed by atoms with E-state index < -0.39 is 0 Å². The van der Waals surface area contributed by atoms with Crippen LogP contribution in [0.3, 0.4) is 0 Å². The van der Waals surface area contributed by atoms with Gasteiger partial charge in [0.05, 0.1) is 0 Å². The molecule has 0 aliphatic rings. The summed E-state index contributed by atoms with van der Waals surface area (Å²) in [6.07, 6.45) is 0. The molecule has 0 saturated carbocycles. The van der Waals surface area contributed by atoms with Gasteiger partial charge in [0.1, 0.15) is 0 Å². The molecule has 1 rings (SSSR count). The molecule has 0 bridgehead atoms. The quantitative estimate of drug-likeness (QED) is 0.390. The van der Waals surface area contributed by atoms with Crippen molar-refractivity contribution in [1.82, 2.24) is 0 Å². The molecule has 0 N–H and O–H groups in total. The molecule has 4 heteroatoms. The van der Waals surface area contributed by atoms with Crippen LogP contribution >= 0.6 is 0 Å². The van der Waals surface area contributed by atoms with E-state index in [-0.39, 0.29) is 17.1 Å². The van der Waals surface area contributed by atoms with Gasteiger partial charge in [0.25, 0.3) is 0 Å². The molecular formula is C12H12MnO3. The molecular weight excluding hydrogens is 247 g/mol. The second-order valence-corrected chi connectivity index (χ2v) is 2.67. The number of benzene rings is 1. The summed E-state index contributed by atoms with van der Waals surface area (Å²) in [7, 11) is 0. The largest absolute Gasteiger partial charge is 0 e. The van der Waals surface area contributed by atoms with Gasteiger partial charge < -0.3 is 0 Å². The van der Waals surface area contributed by atoms with Gasteiger partial charge in [-0.2, -0.15) is 0 Å². The Morgan fingerprint density at radius 2 is 0.750 bits per heavy atom. The monoisotopic (exact) mass is 259 g/mol. The van der Waals surface area contributed by atoms with Crippen LogP contribution in [0.4, 0.5) is 0 Å². The topological polar surface area (TPSA) is 59.7 Å². The van der Waals surface area contributed by atoms with Gasteiger partial charge in [-0.3, -0.25) is 0 Å². The van der Waals surface area contributed by atoms with Crippen LogP contribution in [0, 0.1) is 40.7 Å². The van der Waals surface area contributed by atoms with Gasteiger partial charge in [-0.15, -0.1) is 0 Å². The molecule has 1 aromatic carbocycles. The first-order valence-electron chi connectivity index (χ1n) is 3.84. The maximum atomic E-state index is 7.50. The number of hydrogen-bond donors (Lipinski definition) is 0. The molecule has 0 unspecified atom stereocenters. The van der Waals surface area contributed by atoms with Gasteiger partial charge in [0.2, 0.25) is 0 Å². The normalized spacial score (nSPS) is 5.81. The minimum atomic E-state index is 0. The third-order valence-electron chi connectivity index (χ3n) is 1.37. The van der Waals surface area contributed by atoms with E-state index in [2.05, 4.69) is 58.9 Å². The molecule has 1 radical (unpaired) electrons. The number of rotatable bonds is 0. The number of aryl methyl sites for hydroxylation is 3. The second-order valence-electron chi connectivity index (χ2n) is 2.67. The van der Waals surface area contributed by atoms with E-state index in [1.807, 2.05) is 0 Å². The average molecular weight is 259 g/mol. The van der Waals surface area contributed by atoms with E-state index in [0.29, 0.717) is 0 Å². The van der Waals surface area contributed by atoms with Crippen molar-refractivity contribution in [2.75, 3.05) is 0 Å². The summed E-state index contributed by atoms with van der Waals surface area (Å²) in [6.45, 7) is 19.9. The fourth-order valence-electron chi connectivity index (χ4n) is 1.20. The Kier molecular flexibility index (Phi) is 29.6. The van der Waals surface area contributed by atoms with Crippen molar-refractivity contribution in [3.8, 4) is 0 Å². The van der Waals surface area contributed by atoms with Gasteiger partial charge in [-0.05, 0) is 20.8 Å². The number of hydrogen-bond acceptors (Lipinski definition) is 0. The zero-order valence-electron chi connectivity index (χ0n) is 9.33. The summed E-state index contributed by atoms with van der Waals surface area (Å²) >= 11 is 0. The van der Waals surface area contributed by atoms with Crippen molar-refractivity contribution in [2.45, 2.75) is 20.8 Å². The van der Waals surface area contributed by atoms with Crippen LogP contribution in [0.25, 0.3) is 0 Å². The zero-order valence-corrected chi connectivity index (χ0v) is 10.5. The Labute approximate surface area is 107 Å². The maximum absolute atomic E-state index is 7.50. The first kappa shape index (κ1) is 24.3. The Morgan fingerprint density at radius 3 is 0.875 bits per heavy atom. The van der Waals surface area contributed by atoms with Crippen LogP contribution in [0.1, 0.15) is 16.7 Å². The van der Waals surface area contributed by atoms with Crippen molar-refractivity contribution < 1.29 is 31.0 Å². The standard InChI is InChI=1S/C9H12.3CO.Mn/c1-7-4-8(2)6-9(3)5-7;3*1-2;/h4-6H,1-3H3;;;;. The summed E-state index contributed by atoms with van der Waals surface area (Å²) in [5.74, 6) is 0. The van der Waals surface area contributed by atoms with Crippen LogP contribution in [0.5, 0.6) is 0 Å². The average Bonchev–Trinajstić information content (AvgIpc) is 2.24. The van der Waals surface area contributed by atoms with Crippen molar-refractivity contribution >= 4 is 0 Å². The summed E-state index contributed by atoms with van der Waals surface area (Å²) in [5.41, 5.74) is 4.06. The van der Waals surface area contributed by atoms with Crippen molar-refractivity contribution in [3.63, 3.8) is 0 Å². The first-order chi connectivity index (χ1) is 7.18. The predicted molar refractivity (Wildman–Crippen MR) is 52.4 cm³/mol. The van der Waals surface area contributed by atoms with Crippen LogP contribution in [0.2, 0.25) is 0 Å². The molecule has 0 fully saturated rings. The Bertz CT molecular complexity index is 262. The van der Waals surface area contributed by atoms with Crippen LogP contribution < -0.4 is 0 Å². The van der Waals surface area contributed by atoms with Gasteiger partial charge in [0, 0.05) is 17.1 Å². The zero-order chi connectivity index (χ0) is 12.9. The summed E-state index contributed by atoms with van der Waals surface area (Å²) in [4.78, 5) is 0. The molecule has 0 heterocycles. The van der Waals surface area contributed by atoms with Gasteiger partial charge >= 0.3 is 33.9 Å². The van der Waals surface area contributed by atoms with E-state index in [9.17, 15) is 0 Å². The second kappa shape index (κ2) is 19.5. The molecule has 0 aliphatic heterocycles. The van der Waals surface area contributed by atoms with Crippen molar-refractivity contribution in [3.05, 3.63) is 54.8 Å². The van der Waals surface area contributed by atoms with E-state index in [4.69, 9.17) is 14.0 Å². The maximum Gasteiger partial charge on any atom is 0 e. The fraction of sp³-hybridized carbons (Fsp3) is 0.250. The van der Waals surface area contributed by atoms with Crippen LogP contribution in [-0.4, -0.2) is 0 Å². The summed E-state index contributed by atoms with van der Waals surface area (Å²) < 4.78 is 22.5. The molecule has 1 aromatic rings. The first-order valence-corrected chi connectivity index (χ1v) is 3.84. The van der Waals surface area contributed by atoms with E-state index in [0.717, 1.165) is 0 Å². The van der Waals surface area contributed by atoms with E-state index in [1.54, 1.807) is 0 Å². The van der Waals surface area contributed by atoms with Crippen LogP contribution in [-0.2, 0) is 31.0 Å². The molecule has 0 saturated heterocycles. The van der Waals surface area contributed by atoms with E-state index in [1.165, 1.54) is 16.7 Å². The predicted octanol–water partition coefficient (Wildman–Crippen LogP) is 2.50. The molecule has 16 heavy (non-hydrogen) atoms. The minimum absolute atomic E-state index is 0. The van der Waals surface area contributed by atoms with E-state index >= 15 is 0 Å². The summed E-state index contributed by atoms with van der Waals surface area (Å²) in [5, 5.41) is 0. The molecule has 85 valence electrons. The molecule has 0 amide bonds. The van der Waals surface area contributed by atoms with Gasteiger partial charge in [-0.25, -0.2) is 0 Å². The van der Waals surface area contributed by atoms with Crippen LogP contribution in [0.15, 0.2) is 18.2 Å². The third-order valence-corrected chi connectivity index (χ3v) is 1.37. The molecule has 3 nitrogen and oxygen atoms in total. The Hall–Kier alpha value is -1.04. The molecule has 0 atom stereocenters. The third kappa shape index (κ3) is 15.4. The molecule has 0 aliphatic carbocycles. The summed E-state index contributed by atoms with van der Waals surface area (Å²) in [6, 6.07) is 6.56. The molecule has 0 spiro atoms.